The fourth-order valence-corrected chi connectivity index (χ4v) is 4.57. The molecule has 5 aromatic rings. The van der Waals surface area contributed by atoms with Crippen LogP contribution in [0.1, 0.15) is 34.7 Å². The summed E-state index contributed by atoms with van der Waals surface area (Å²) in [6, 6.07) is 30.1. The molecular weight excluding hydrogens is 462 g/mol. The number of carbonyl (C=O) groups is 1. The lowest BCUT2D eigenvalue weighted by molar-refractivity contribution is 0.0937. The smallest absolute Gasteiger partial charge is 0.251 e. The van der Waals surface area contributed by atoms with Crippen LogP contribution in [0.5, 0.6) is 0 Å². The van der Waals surface area contributed by atoms with E-state index in [9.17, 15) is 4.79 Å². The Balaban J connectivity index is 1.53. The monoisotopic (exact) mass is 483 g/mol. The Hall–Kier alpha value is -3.44. The van der Waals surface area contributed by atoms with E-state index in [-0.39, 0.29) is 11.9 Å². The first-order chi connectivity index (χ1) is 15.6. The topological polar surface area (TPSA) is 46.9 Å². The number of nitrogens with zero attached hydrogens (tertiary/aromatic N) is 2. The second kappa shape index (κ2) is 8.60. The van der Waals surface area contributed by atoms with E-state index in [1.807, 2.05) is 49.4 Å². The highest BCUT2D eigenvalue weighted by atomic mass is 79.9. The summed E-state index contributed by atoms with van der Waals surface area (Å²) in [5.41, 5.74) is 3.81. The van der Waals surface area contributed by atoms with Gasteiger partial charge in [0, 0.05) is 10.0 Å². The molecular formula is C27H22BrN3O. The average molecular weight is 484 g/mol. The Morgan fingerprint density at radius 1 is 0.969 bits per heavy atom. The van der Waals surface area contributed by atoms with Crippen molar-refractivity contribution >= 4 is 43.6 Å². The molecule has 5 rings (SSSR count). The third-order valence-electron chi connectivity index (χ3n) is 5.71. The van der Waals surface area contributed by atoms with Crippen LogP contribution in [0.25, 0.3) is 21.8 Å². The summed E-state index contributed by atoms with van der Waals surface area (Å²) < 4.78 is 3.09. The molecule has 1 atom stereocenters. The van der Waals surface area contributed by atoms with E-state index in [0.29, 0.717) is 12.1 Å². The molecule has 0 saturated heterocycles. The van der Waals surface area contributed by atoms with Gasteiger partial charge in [0.2, 0.25) is 0 Å². The summed E-state index contributed by atoms with van der Waals surface area (Å²) in [5.74, 6) is 0.713. The first-order valence-corrected chi connectivity index (χ1v) is 11.4. The van der Waals surface area contributed by atoms with Gasteiger partial charge in [0.25, 0.3) is 5.91 Å². The molecule has 158 valence electrons. The maximum atomic E-state index is 12.9. The molecule has 1 N–H and O–H groups in total. The fourth-order valence-electron chi connectivity index (χ4n) is 4.17. The summed E-state index contributed by atoms with van der Waals surface area (Å²) in [4.78, 5) is 17.8. The van der Waals surface area contributed by atoms with Crippen molar-refractivity contribution in [1.82, 2.24) is 14.9 Å². The van der Waals surface area contributed by atoms with Gasteiger partial charge in [-0.3, -0.25) is 4.79 Å². The Labute approximate surface area is 195 Å². The van der Waals surface area contributed by atoms with Gasteiger partial charge < -0.3 is 9.88 Å². The zero-order chi connectivity index (χ0) is 22.1. The van der Waals surface area contributed by atoms with Crippen molar-refractivity contribution in [2.24, 2.45) is 0 Å². The zero-order valence-corrected chi connectivity index (χ0v) is 19.2. The van der Waals surface area contributed by atoms with Crippen LogP contribution < -0.4 is 5.32 Å². The zero-order valence-electron chi connectivity index (χ0n) is 17.6. The molecule has 4 nitrogen and oxygen atoms in total. The Bertz CT molecular complexity index is 1430. The molecule has 1 aromatic heterocycles. The molecule has 0 aliphatic rings. The van der Waals surface area contributed by atoms with Crippen LogP contribution in [0.15, 0.2) is 95.5 Å². The van der Waals surface area contributed by atoms with Crippen molar-refractivity contribution in [2.45, 2.75) is 19.5 Å². The summed E-state index contributed by atoms with van der Waals surface area (Å²) >= 11 is 3.44. The van der Waals surface area contributed by atoms with Gasteiger partial charge in [-0.05, 0) is 53.6 Å². The van der Waals surface area contributed by atoms with Crippen LogP contribution in [0, 0.1) is 0 Å². The van der Waals surface area contributed by atoms with Crippen LogP contribution >= 0.6 is 15.9 Å². The minimum absolute atomic E-state index is 0.123. The summed E-state index contributed by atoms with van der Waals surface area (Å²) in [5, 5.41) is 5.56. The third kappa shape index (κ3) is 3.92. The van der Waals surface area contributed by atoms with Crippen molar-refractivity contribution in [3.05, 3.63) is 112 Å². The van der Waals surface area contributed by atoms with E-state index >= 15 is 0 Å². The van der Waals surface area contributed by atoms with Crippen molar-refractivity contribution in [2.75, 3.05) is 0 Å². The van der Waals surface area contributed by atoms with Crippen LogP contribution in [-0.4, -0.2) is 15.5 Å². The number of hydrogen-bond acceptors (Lipinski definition) is 2. The molecule has 1 amide bonds. The largest absolute Gasteiger partial charge is 0.342 e. The van der Waals surface area contributed by atoms with Crippen LogP contribution in [0.3, 0.4) is 0 Å². The Kier molecular flexibility index (Phi) is 5.50. The maximum Gasteiger partial charge on any atom is 0.251 e. The van der Waals surface area contributed by atoms with Gasteiger partial charge >= 0.3 is 0 Å². The first-order valence-electron chi connectivity index (χ1n) is 10.6. The van der Waals surface area contributed by atoms with Crippen LogP contribution in [0.4, 0.5) is 0 Å². The normalized spacial score (nSPS) is 12.2. The predicted molar refractivity (Wildman–Crippen MR) is 133 cm³/mol. The molecule has 0 fully saturated rings. The van der Waals surface area contributed by atoms with E-state index < -0.39 is 0 Å². The van der Waals surface area contributed by atoms with Crippen molar-refractivity contribution < 1.29 is 4.79 Å². The SMILES string of the molecule is CC(NC(=O)c1cccc(Br)c1)c1nc2ccccc2n1Cc1cccc2ccccc12. The number of nitrogens with one attached hydrogen (secondary N) is 1. The number of carbonyl (C=O) groups excluding carboxylic acids is 1. The molecule has 0 spiro atoms. The summed E-state index contributed by atoms with van der Waals surface area (Å²) in [7, 11) is 0. The van der Waals surface area contributed by atoms with Gasteiger partial charge in [0.05, 0.1) is 23.6 Å². The lowest BCUT2D eigenvalue weighted by Crippen LogP contribution is -2.28. The molecule has 0 bridgehead atoms. The highest BCUT2D eigenvalue weighted by molar-refractivity contribution is 9.10. The van der Waals surface area contributed by atoms with E-state index in [2.05, 4.69) is 74.3 Å². The van der Waals surface area contributed by atoms with E-state index in [4.69, 9.17) is 4.98 Å². The minimum Gasteiger partial charge on any atom is -0.342 e. The number of para-hydroxylation sites is 2. The maximum absolute atomic E-state index is 12.9. The van der Waals surface area contributed by atoms with Crippen molar-refractivity contribution in [3.63, 3.8) is 0 Å². The summed E-state index contributed by atoms with van der Waals surface area (Å²) in [6.45, 7) is 2.66. The van der Waals surface area contributed by atoms with Gasteiger partial charge in [-0.15, -0.1) is 0 Å². The highest BCUT2D eigenvalue weighted by Gasteiger charge is 2.20. The van der Waals surface area contributed by atoms with E-state index in [1.54, 1.807) is 0 Å². The molecule has 32 heavy (non-hydrogen) atoms. The Morgan fingerprint density at radius 3 is 2.59 bits per heavy atom. The third-order valence-corrected chi connectivity index (χ3v) is 6.21. The van der Waals surface area contributed by atoms with Crippen molar-refractivity contribution in [1.29, 1.82) is 0 Å². The van der Waals surface area contributed by atoms with E-state index in [0.717, 1.165) is 21.3 Å². The molecule has 1 heterocycles. The molecule has 1 unspecified atom stereocenters. The lowest BCUT2D eigenvalue weighted by Gasteiger charge is -2.17. The number of halogens is 1. The number of benzene rings is 4. The highest BCUT2D eigenvalue weighted by Crippen LogP contribution is 2.26. The second-order valence-corrected chi connectivity index (χ2v) is 8.80. The number of amides is 1. The van der Waals surface area contributed by atoms with Gasteiger partial charge in [0.1, 0.15) is 5.82 Å². The molecule has 4 aromatic carbocycles. The second-order valence-electron chi connectivity index (χ2n) is 7.89. The number of hydrogen-bond donors (Lipinski definition) is 1. The fraction of sp³-hybridized carbons (Fsp3) is 0.111. The summed E-state index contributed by atoms with van der Waals surface area (Å²) in [6.07, 6.45) is 0. The number of aromatic nitrogens is 2. The first kappa shape index (κ1) is 20.5. The van der Waals surface area contributed by atoms with Crippen LogP contribution in [-0.2, 0) is 6.54 Å². The van der Waals surface area contributed by atoms with Gasteiger partial charge in [-0.25, -0.2) is 4.98 Å². The van der Waals surface area contributed by atoms with Crippen LogP contribution in [0.2, 0.25) is 0 Å². The van der Waals surface area contributed by atoms with Crippen molar-refractivity contribution in [3.8, 4) is 0 Å². The number of imidazole rings is 1. The Morgan fingerprint density at radius 2 is 1.72 bits per heavy atom. The standard InChI is InChI=1S/C27H22BrN3O/c1-18(29-27(32)20-10-7-12-22(28)16-20)26-30-24-14-4-5-15-25(24)31(26)17-21-11-6-9-19-8-2-3-13-23(19)21/h2-16,18H,17H2,1H3,(H,29,32). The predicted octanol–water partition coefficient (Wildman–Crippen LogP) is 6.49. The number of rotatable bonds is 5. The molecule has 0 radical (unpaired) electrons. The molecule has 0 aliphatic heterocycles. The van der Waals surface area contributed by atoms with Gasteiger partial charge in [0.15, 0.2) is 0 Å². The molecule has 0 saturated carbocycles. The minimum atomic E-state index is -0.260. The van der Waals surface area contributed by atoms with E-state index in [1.165, 1.54) is 16.3 Å². The van der Waals surface area contributed by atoms with Gasteiger partial charge in [-0.2, -0.15) is 0 Å². The molecule has 5 heteroatoms. The lowest BCUT2D eigenvalue weighted by atomic mass is 10.0. The average Bonchev–Trinajstić information content (AvgIpc) is 3.18. The number of fused-ring (bicyclic) bond motifs is 2. The van der Waals surface area contributed by atoms with Gasteiger partial charge in [-0.1, -0.05) is 76.6 Å². The quantitative estimate of drug-likeness (QED) is 0.310. The molecule has 0 aliphatic carbocycles.